The number of nitrogens with zero attached hydrogens (tertiary/aromatic N) is 2. The lowest BCUT2D eigenvalue weighted by molar-refractivity contribution is -0.384. The molecule has 88 valence electrons. The maximum absolute atomic E-state index is 10.7. The SMILES string of the molecule is COc1ccc([N+](=O)[O-])cc1-c1oncc1N. The second-order valence-electron chi connectivity index (χ2n) is 3.25. The van der Waals surface area contributed by atoms with Crippen molar-refractivity contribution in [3.05, 3.63) is 34.5 Å². The average molecular weight is 235 g/mol. The molecule has 17 heavy (non-hydrogen) atoms. The molecule has 0 atom stereocenters. The second-order valence-corrected chi connectivity index (χ2v) is 3.25. The van der Waals surface area contributed by atoms with Crippen molar-refractivity contribution in [2.45, 2.75) is 0 Å². The molecule has 0 aliphatic heterocycles. The van der Waals surface area contributed by atoms with E-state index >= 15 is 0 Å². The van der Waals surface area contributed by atoms with E-state index in [9.17, 15) is 10.1 Å². The van der Waals surface area contributed by atoms with E-state index in [0.717, 1.165) is 0 Å². The van der Waals surface area contributed by atoms with Crippen LogP contribution in [0.15, 0.2) is 28.9 Å². The molecule has 0 unspecified atom stereocenters. The van der Waals surface area contributed by atoms with E-state index in [0.29, 0.717) is 17.0 Å². The number of aromatic nitrogens is 1. The molecule has 0 saturated carbocycles. The first-order chi connectivity index (χ1) is 8.13. The van der Waals surface area contributed by atoms with Crippen molar-refractivity contribution in [2.24, 2.45) is 0 Å². The summed E-state index contributed by atoms with van der Waals surface area (Å²) < 4.78 is 10.0. The minimum Gasteiger partial charge on any atom is -0.496 e. The first-order valence-corrected chi connectivity index (χ1v) is 4.66. The van der Waals surface area contributed by atoms with Crippen molar-refractivity contribution >= 4 is 11.4 Å². The van der Waals surface area contributed by atoms with E-state index in [1.165, 1.54) is 31.5 Å². The summed E-state index contributed by atoms with van der Waals surface area (Å²) in [6.45, 7) is 0. The normalized spacial score (nSPS) is 10.2. The van der Waals surface area contributed by atoms with Crippen LogP contribution in [0.3, 0.4) is 0 Å². The molecule has 1 aromatic carbocycles. The quantitative estimate of drug-likeness (QED) is 0.642. The Morgan fingerprint density at radius 1 is 1.53 bits per heavy atom. The number of nitrogen functional groups attached to an aromatic ring is 1. The summed E-state index contributed by atoms with van der Waals surface area (Å²) in [5.41, 5.74) is 6.26. The van der Waals surface area contributed by atoms with E-state index < -0.39 is 4.92 Å². The zero-order chi connectivity index (χ0) is 12.4. The number of non-ortho nitro benzene ring substituents is 1. The summed E-state index contributed by atoms with van der Waals surface area (Å²) in [7, 11) is 1.46. The van der Waals surface area contributed by atoms with Gasteiger partial charge in [0, 0.05) is 12.1 Å². The molecule has 0 fully saturated rings. The Kier molecular flexibility index (Phi) is 2.65. The van der Waals surface area contributed by atoms with Gasteiger partial charge in [0.25, 0.3) is 5.69 Å². The number of hydrogen-bond acceptors (Lipinski definition) is 6. The number of ether oxygens (including phenoxy) is 1. The van der Waals surface area contributed by atoms with Gasteiger partial charge in [0.2, 0.25) is 0 Å². The van der Waals surface area contributed by atoms with Gasteiger partial charge in [-0.25, -0.2) is 0 Å². The van der Waals surface area contributed by atoms with Crippen LogP contribution in [0.4, 0.5) is 11.4 Å². The Balaban J connectivity index is 2.61. The predicted molar refractivity (Wildman–Crippen MR) is 59.6 cm³/mol. The molecule has 0 aliphatic rings. The van der Waals surface area contributed by atoms with Crippen molar-refractivity contribution in [3.63, 3.8) is 0 Å². The molecular formula is C10H9N3O4. The molecule has 0 saturated heterocycles. The standard InChI is InChI=1S/C10H9N3O4/c1-16-9-3-2-6(13(14)15)4-7(9)10-8(11)5-12-17-10/h2-5H,11H2,1H3. The van der Waals surface area contributed by atoms with Crippen molar-refractivity contribution in [3.8, 4) is 17.1 Å². The molecule has 7 nitrogen and oxygen atoms in total. The van der Waals surface area contributed by atoms with Crippen LogP contribution < -0.4 is 10.5 Å². The minimum absolute atomic E-state index is 0.0726. The minimum atomic E-state index is -0.504. The van der Waals surface area contributed by atoms with E-state index in [1.807, 2.05) is 0 Å². The van der Waals surface area contributed by atoms with Crippen molar-refractivity contribution in [1.29, 1.82) is 0 Å². The first-order valence-electron chi connectivity index (χ1n) is 4.66. The monoisotopic (exact) mass is 235 g/mol. The lowest BCUT2D eigenvalue weighted by atomic mass is 10.1. The van der Waals surface area contributed by atoms with Crippen LogP contribution in [0.25, 0.3) is 11.3 Å². The number of hydrogen-bond donors (Lipinski definition) is 1. The predicted octanol–water partition coefficient (Wildman–Crippen LogP) is 1.84. The Hall–Kier alpha value is -2.57. The van der Waals surface area contributed by atoms with Gasteiger partial charge in [-0.3, -0.25) is 10.1 Å². The highest BCUT2D eigenvalue weighted by Crippen LogP contribution is 2.36. The number of anilines is 1. The number of rotatable bonds is 3. The van der Waals surface area contributed by atoms with E-state index in [-0.39, 0.29) is 11.4 Å². The number of benzene rings is 1. The number of nitrogens with two attached hydrogens (primary N) is 1. The fraction of sp³-hybridized carbons (Fsp3) is 0.100. The molecule has 1 heterocycles. The molecule has 0 amide bonds. The largest absolute Gasteiger partial charge is 0.496 e. The third kappa shape index (κ3) is 1.89. The van der Waals surface area contributed by atoms with Crippen molar-refractivity contribution in [2.75, 3.05) is 12.8 Å². The fourth-order valence-electron chi connectivity index (χ4n) is 1.44. The summed E-state index contributed by atoms with van der Waals surface area (Å²) in [6.07, 6.45) is 1.33. The highest BCUT2D eigenvalue weighted by atomic mass is 16.6. The van der Waals surface area contributed by atoms with Gasteiger partial charge in [0.1, 0.15) is 11.4 Å². The van der Waals surface area contributed by atoms with E-state index in [1.54, 1.807) is 0 Å². The highest BCUT2D eigenvalue weighted by molar-refractivity contribution is 5.76. The van der Waals surface area contributed by atoms with Crippen LogP contribution >= 0.6 is 0 Å². The third-order valence-corrected chi connectivity index (χ3v) is 2.24. The van der Waals surface area contributed by atoms with Gasteiger partial charge in [-0.15, -0.1) is 0 Å². The van der Waals surface area contributed by atoms with Crippen LogP contribution in [0, 0.1) is 10.1 Å². The molecule has 7 heteroatoms. The van der Waals surface area contributed by atoms with Crippen LogP contribution in [0.1, 0.15) is 0 Å². The van der Waals surface area contributed by atoms with Crippen LogP contribution in [0.5, 0.6) is 5.75 Å². The molecule has 2 N–H and O–H groups in total. The molecular weight excluding hydrogens is 226 g/mol. The maximum atomic E-state index is 10.7. The maximum Gasteiger partial charge on any atom is 0.270 e. The molecule has 0 radical (unpaired) electrons. The number of methoxy groups -OCH3 is 1. The Morgan fingerprint density at radius 2 is 2.29 bits per heavy atom. The average Bonchev–Trinajstić information content (AvgIpc) is 2.74. The number of nitro groups is 1. The summed E-state index contributed by atoms with van der Waals surface area (Å²) in [5.74, 6) is 0.685. The summed E-state index contributed by atoms with van der Waals surface area (Å²) in [6, 6.07) is 4.15. The van der Waals surface area contributed by atoms with Crippen molar-refractivity contribution in [1.82, 2.24) is 5.16 Å². The number of nitro benzene ring substituents is 1. The third-order valence-electron chi connectivity index (χ3n) is 2.24. The Labute approximate surface area is 95.9 Å². The first kappa shape index (κ1) is 10.9. The zero-order valence-electron chi connectivity index (χ0n) is 8.91. The summed E-state index contributed by atoms with van der Waals surface area (Å²) >= 11 is 0. The second kappa shape index (κ2) is 4.12. The summed E-state index contributed by atoms with van der Waals surface area (Å²) in [5, 5.41) is 14.2. The van der Waals surface area contributed by atoms with Crippen LogP contribution in [-0.2, 0) is 0 Å². The van der Waals surface area contributed by atoms with Gasteiger partial charge < -0.3 is 15.0 Å². The molecule has 2 rings (SSSR count). The Bertz CT molecular complexity index is 564. The summed E-state index contributed by atoms with van der Waals surface area (Å²) in [4.78, 5) is 10.2. The van der Waals surface area contributed by atoms with Gasteiger partial charge in [-0.1, -0.05) is 5.16 Å². The van der Waals surface area contributed by atoms with E-state index in [4.69, 9.17) is 15.0 Å². The van der Waals surface area contributed by atoms with Gasteiger partial charge in [0.15, 0.2) is 5.76 Å². The van der Waals surface area contributed by atoms with Gasteiger partial charge in [-0.05, 0) is 6.07 Å². The van der Waals surface area contributed by atoms with Crippen LogP contribution in [0.2, 0.25) is 0 Å². The zero-order valence-corrected chi connectivity index (χ0v) is 8.91. The lowest BCUT2D eigenvalue weighted by Crippen LogP contribution is -1.93. The molecule has 0 aliphatic carbocycles. The highest BCUT2D eigenvalue weighted by Gasteiger charge is 2.17. The molecule has 0 bridgehead atoms. The van der Waals surface area contributed by atoms with Crippen LogP contribution in [-0.4, -0.2) is 17.2 Å². The Morgan fingerprint density at radius 3 is 2.82 bits per heavy atom. The van der Waals surface area contributed by atoms with Gasteiger partial charge in [-0.2, -0.15) is 0 Å². The molecule has 2 aromatic rings. The fourth-order valence-corrected chi connectivity index (χ4v) is 1.44. The van der Waals surface area contributed by atoms with E-state index in [2.05, 4.69) is 5.16 Å². The van der Waals surface area contributed by atoms with Crippen molar-refractivity contribution < 1.29 is 14.2 Å². The smallest absolute Gasteiger partial charge is 0.270 e. The molecule has 1 aromatic heterocycles. The lowest BCUT2D eigenvalue weighted by Gasteiger charge is -2.05. The molecule has 0 spiro atoms. The van der Waals surface area contributed by atoms with Gasteiger partial charge in [0.05, 0.1) is 23.8 Å². The topological polar surface area (TPSA) is 104 Å². The van der Waals surface area contributed by atoms with Gasteiger partial charge >= 0.3 is 0 Å².